The number of benzene rings is 3. The quantitative estimate of drug-likeness (QED) is 0.158. The highest BCUT2D eigenvalue weighted by atomic mass is 19.4. The van der Waals surface area contributed by atoms with E-state index in [0.717, 1.165) is 16.3 Å². The van der Waals surface area contributed by atoms with Crippen molar-refractivity contribution in [3.05, 3.63) is 95.7 Å². The molecule has 0 fully saturated rings. The molecule has 1 amide bonds. The molecule has 0 saturated carbocycles. The van der Waals surface area contributed by atoms with Crippen molar-refractivity contribution in [3.8, 4) is 0 Å². The first kappa shape index (κ1) is 27.6. The molecule has 12 heteroatoms. The fraction of sp³-hybridized carbons (Fsp3) is 0.0769. The van der Waals surface area contributed by atoms with Gasteiger partial charge in [0.1, 0.15) is 11.7 Å². The lowest BCUT2D eigenvalue weighted by atomic mass is 10.0. The van der Waals surface area contributed by atoms with Gasteiger partial charge in [0.25, 0.3) is 5.91 Å². The maximum atomic E-state index is 12.9. The van der Waals surface area contributed by atoms with E-state index >= 15 is 0 Å². The lowest BCUT2D eigenvalue weighted by Crippen LogP contribution is -2.21. The highest BCUT2D eigenvalue weighted by molar-refractivity contribution is 6.10. The number of hydrogen-bond acceptors (Lipinski definition) is 6. The smallest absolute Gasteiger partial charge is 0.475 e. The third-order valence-electron chi connectivity index (χ3n) is 5.09. The summed E-state index contributed by atoms with van der Waals surface area (Å²) in [5, 5.41) is 31.8. The summed E-state index contributed by atoms with van der Waals surface area (Å²) in [7, 11) is 0. The van der Waals surface area contributed by atoms with Crippen LogP contribution < -0.4 is 16.4 Å². The number of carbonyl (C=O) groups excluding carboxylic acids is 1. The van der Waals surface area contributed by atoms with E-state index in [-0.39, 0.29) is 18.3 Å². The Morgan fingerprint density at radius 1 is 0.974 bits per heavy atom. The third-order valence-corrected chi connectivity index (χ3v) is 5.09. The predicted molar refractivity (Wildman–Crippen MR) is 136 cm³/mol. The van der Waals surface area contributed by atoms with Crippen LogP contribution in [0.15, 0.2) is 79.0 Å². The van der Waals surface area contributed by atoms with Gasteiger partial charge >= 0.3 is 12.1 Å². The number of nitrogens with one attached hydrogen (secondary N) is 3. The van der Waals surface area contributed by atoms with Crippen molar-refractivity contribution in [1.29, 1.82) is 5.41 Å². The molecule has 0 unspecified atom stereocenters. The summed E-state index contributed by atoms with van der Waals surface area (Å²) < 4.78 is 31.7. The number of aliphatic hydroxyl groups excluding tert-OH is 1. The minimum absolute atomic E-state index is 0.0289. The summed E-state index contributed by atoms with van der Waals surface area (Å²) in [5.41, 5.74) is 8.81. The second-order valence-electron chi connectivity index (χ2n) is 7.83. The zero-order valence-corrected chi connectivity index (χ0v) is 19.6. The second-order valence-corrected chi connectivity index (χ2v) is 7.83. The SMILES string of the molecule is N=C(N)c1ccc2cc(C(=O)Nc3ccc(CO)cc3)cc(Nc3ccccn3)c2c1.O=C(O)C(F)(F)F. The van der Waals surface area contributed by atoms with E-state index in [2.05, 4.69) is 15.6 Å². The molecule has 7 N–H and O–H groups in total. The maximum absolute atomic E-state index is 12.9. The Kier molecular flexibility index (Phi) is 8.61. The van der Waals surface area contributed by atoms with Gasteiger partial charge in [-0.3, -0.25) is 10.2 Å². The van der Waals surface area contributed by atoms with Gasteiger partial charge in [-0.15, -0.1) is 0 Å². The molecule has 3 aromatic carbocycles. The van der Waals surface area contributed by atoms with Crippen LogP contribution in [0.4, 0.5) is 30.4 Å². The van der Waals surface area contributed by atoms with Gasteiger partial charge in [-0.05, 0) is 53.4 Å². The lowest BCUT2D eigenvalue weighted by Gasteiger charge is -2.14. The molecule has 0 radical (unpaired) electrons. The molecule has 1 aromatic heterocycles. The average Bonchev–Trinajstić information content (AvgIpc) is 2.89. The monoisotopic (exact) mass is 525 g/mol. The van der Waals surface area contributed by atoms with Gasteiger partial charge in [0.05, 0.1) is 6.61 Å². The van der Waals surface area contributed by atoms with E-state index in [0.29, 0.717) is 28.3 Å². The fourth-order valence-corrected chi connectivity index (χ4v) is 3.23. The molecule has 4 rings (SSSR count). The summed E-state index contributed by atoms with van der Waals surface area (Å²) in [4.78, 5) is 26.1. The summed E-state index contributed by atoms with van der Waals surface area (Å²) in [6.07, 6.45) is -3.40. The number of aromatic nitrogens is 1. The Bertz CT molecular complexity index is 1460. The Labute approximate surface area is 214 Å². The van der Waals surface area contributed by atoms with Crippen LogP contribution in [0.1, 0.15) is 21.5 Å². The number of amidine groups is 1. The standard InChI is InChI=1S/C24H21N5O2.C2HF3O2/c25-23(26)17-7-6-16-11-18(24(31)28-19-8-4-15(14-30)5-9-19)13-21(20(16)12-17)29-22-3-1-2-10-27-22;3-2(4,5)1(6)7/h1-13,30H,14H2,(H3,25,26)(H,27,29)(H,28,31);(H,6,7). The Hall–Kier alpha value is -4.97. The molecule has 0 saturated heterocycles. The molecular weight excluding hydrogens is 503 g/mol. The molecule has 0 aliphatic carbocycles. The van der Waals surface area contributed by atoms with Crippen LogP contribution in [0.25, 0.3) is 10.8 Å². The van der Waals surface area contributed by atoms with Crippen LogP contribution in [0.5, 0.6) is 0 Å². The zero-order chi connectivity index (χ0) is 27.9. The van der Waals surface area contributed by atoms with Gasteiger partial charge in [0.15, 0.2) is 0 Å². The Morgan fingerprint density at radius 2 is 1.66 bits per heavy atom. The number of nitrogen functional groups attached to an aromatic ring is 1. The molecule has 196 valence electrons. The van der Waals surface area contributed by atoms with Gasteiger partial charge in [-0.1, -0.05) is 30.3 Å². The summed E-state index contributed by atoms with van der Waals surface area (Å²) >= 11 is 0. The summed E-state index contributed by atoms with van der Waals surface area (Å²) in [6.45, 7) is -0.0519. The summed E-state index contributed by atoms with van der Waals surface area (Å²) in [6, 6.07) is 21.5. The lowest BCUT2D eigenvalue weighted by molar-refractivity contribution is -0.192. The van der Waals surface area contributed by atoms with Crippen molar-refractivity contribution in [2.75, 3.05) is 10.6 Å². The number of nitrogens with two attached hydrogens (primary N) is 1. The fourth-order valence-electron chi connectivity index (χ4n) is 3.23. The molecule has 9 nitrogen and oxygen atoms in total. The van der Waals surface area contributed by atoms with E-state index in [1.807, 2.05) is 30.3 Å². The molecular formula is C26H22F3N5O4. The van der Waals surface area contributed by atoms with Crippen molar-refractivity contribution in [1.82, 2.24) is 4.98 Å². The largest absolute Gasteiger partial charge is 0.490 e. The molecule has 1 heterocycles. The highest BCUT2D eigenvalue weighted by Gasteiger charge is 2.38. The number of nitrogens with zero attached hydrogens (tertiary/aromatic N) is 1. The van der Waals surface area contributed by atoms with Crippen molar-refractivity contribution in [2.24, 2.45) is 5.73 Å². The summed E-state index contributed by atoms with van der Waals surface area (Å²) in [5.74, 6) is -2.42. The highest BCUT2D eigenvalue weighted by Crippen LogP contribution is 2.29. The minimum atomic E-state index is -5.08. The van der Waals surface area contributed by atoms with Crippen LogP contribution in [-0.2, 0) is 11.4 Å². The van der Waals surface area contributed by atoms with Gasteiger partial charge in [0, 0.05) is 34.1 Å². The van der Waals surface area contributed by atoms with Crippen LogP contribution in [-0.4, -0.2) is 39.1 Å². The van der Waals surface area contributed by atoms with Crippen LogP contribution in [0, 0.1) is 5.41 Å². The number of rotatable bonds is 6. The molecule has 0 spiro atoms. The normalized spacial score (nSPS) is 10.7. The number of fused-ring (bicyclic) bond motifs is 1. The molecule has 0 aliphatic rings. The molecule has 38 heavy (non-hydrogen) atoms. The van der Waals surface area contributed by atoms with E-state index in [9.17, 15) is 23.1 Å². The molecule has 0 bridgehead atoms. The van der Waals surface area contributed by atoms with Crippen LogP contribution in [0.3, 0.4) is 0 Å². The van der Waals surface area contributed by atoms with Crippen molar-refractivity contribution in [2.45, 2.75) is 12.8 Å². The number of hydrogen-bond donors (Lipinski definition) is 6. The topological polar surface area (TPSA) is 161 Å². The van der Waals surface area contributed by atoms with Crippen molar-refractivity contribution >= 4 is 45.7 Å². The van der Waals surface area contributed by atoms with Crippen LogP contribution in [0.2, 0.25) is 0 Å². The zero-order valence-electron chi connectivity index (χ0n) is 19.6. The first-order chi connectivity index (χ1) is 18.0. The number of carbonyl (C=O) groups is 2. The number of alkyl halides is 3. The average molecular weight is 525 g/mol. The van der Waals surface area contributed by atoms with E-state index in [1.54, 1.807) is 48.7 Å². The van der Waals surface area contributed by atoms with Gasteiger partial charge in [-0.2, -0.15) is 13.2 Å². The van der Waals surface area contributed by atoms with Crippen LogP contribution >= 0.6 is 0 Å². The first-order valence-corrected chi connectivity index (χ1v) is 10.9. The van der Waals surface area contributed by atoms with Gasteiger partial charge in [-0.25, -0.2) is 9.78 Å². The third kappa shape index (κ3) is 7.27. The number of carboxylic acids is 1. The number of pyridine rings is 1. The number of halogens is 3. The molecule has 0 atom stereocenters. The predicted octanol–water partition coefficient (Wildman–Crippen LogP) is 4.64. The number of aliphatic hydroxyl groups is 1. The van der Waals surface area contributed by atoms with E-state index in [4.69, 9.17) is 21.0 Å². The molecule has 4 aromatic rings. The van der Waals surface area contributed by atoms with Crippen molar-refractivity contribution < 1.29 is 33.0 Å². The van der Waals surface area contributed by atoms with E-state index < -0.39 is 12.1 Å². The molecule has 0 aliphatic heterocycles. The van der Waals surface area contributed by atoms with Gasteiger partial charge in [0.2, 0.25) is 0 Å². The number of anilines is 3. The number of carboxylic acid groups (broad SMARTS) is 1. The van der Waals surface area contributed by atoms with Crippen molar-refractivity contribution in [3.63, 3.8) is 0 Å². The van der Waals surface area contributed by atoms with Gasteiger partial charge < -0.3 is 26.6 Å². The maximum Gasteiger partial charge on any atom is 0.490 e. The Morgan fingerprint density at radius 3 is 2.21 bits per heavy atom. The first-order valence-electron chi connectivity index (χ1n) is 10.9. The Balaban J connectivity index is 0.000000505. The minimum Gasteiger partial charge on any atom is -0.475 e. The second kappa shape index (κ2) is 11.8. The van der Waals surface area contributed by atoms with E-state index in [1.165, 1.54) is 0 Å². The number of amides is 1. The number of aliphatic carboxylic acids is 1.